The van der Waals surface area contributed by atoms with Gasteiger partial charge in [-0.25, -0.2) is 4.98 Å². The molecule has 3 aromatic heterocycles. The van der Waals surface area contributed by atoms with Gasteiger partial charge in [-0.2, -0.15) is 13.2 Å². The molecule has 3 heterocycles. The summed E-state index contributed by atoms with van der Waals surface area (Å²) in [4.78, 5) is 33.5. The molecule has 0 unspecified atom stereocenters. The molecule has 2 aromatic carbocycles. The number of halogens is 3. The minimum atomic E-state index is -4.59. The number of thioether (sulfide) groups is 1. The number of fused-ring (bicyclic) bond motifs is 3. The molecule has 5 rings (SSSR count). The number of amides is 1. The largest absolute Gasteiger partial charge is 0.467 e. The van der Waals surface area contributed by atoms with Gasteiger partial charge in [0.15, 0.2) is 5.16 Å². The van der Waals surface area contributed by atoms with Crippen LogP contribution in [0.25, 0.3) is 27.6 Å². The molecule has 2 N–H and O–H groups in total. The molecule has 0 atom stereocenters. The predicted octanol–water partition coefficient (Wildman–Crippen LogP) is 4.89. The lowest BCUT2D eigenvalue weighted by Gasteiger charge is -2.14. The van der Waals surface area contributed by atoms with E-state index in [1.165, 1.54) is 18.4 Å². The van der Waals surface area contributed by atoms with Crippen LogP contribution in [0.5, 0.6) is 0 Å². The number of carbonyl (C=O) groups is 1. The van der Waals surface area contributed by atoms with Gasteiger partial charge in [0.1, 0.15) is 16.8 Å². The highest BCUT2D eigenvalue weighted by atomic mass is 32.2. The van der Waals surface area contributed by atoms with Gasteiger partial charge in [-0.15, -0.1) is 0 Å². The third-order valence-electron chi connectivity index (χ3n) is 5.30. The van der Waals surface area contributed by atoms with E-state index in [4.69, 9.17) is 4.42 Å². The molecular weight excluding hydrogens is 481 g/mol. The molecule has 0 bridgehead atoms. The maximum Gasteiger partial charge on any atom is 0.416 e. The number of hydrogen-bond donors (Lipinski definition) is 2. The topological polar surface area (TPSA) is 92.9 Å². The molecule has 0 aliphatic rings. The number of rotatable bonds is 6. The predicted molar refractivity (Wildman–Crippen MR) is 125 cm³/mol. The lowest BCUT2D eigenvalue weighted by atomic mass is 10.2. The van der Waals surface area contributed by atoms with E-state index in [1.54, 1.807) is 36.4 Å². The molecule has 11 heteroatoms. The first-order valence-electron chi connectivity index (χ1n) is 10.4. The van der Waals surface area contributed by atoms with Gasteiger partial charge in [-0.05, 0) is 36.4 Å². The van der Waals surface area contributed by atoms with E-state index in [2.05, 4.69) is 15.3 Å². The number of nitrogens with one attached hydrogen (secondary N) is 2. The minimum absolute atomic E-state index is 0.00336. The summed E-state index contributed by atoms with van der Waals surface area (Å²) >= 11 is 0.956. The van der Waals surface area contributed by atoms with E-state index in [9.17, 15) is 22.8 Å². The first kappa shape index (κ1) is 22.8. The molecule has 0 saturated heterocycles. The Balaban J connectivity index is 1.57. The van der Waals surface area contributed by atoms with Crippen molar-refractivity contribution >= 4 is 39.6 Å². The number of hydrogen-bond acceptors (Lipinski definition) is 5. The van der Waals surface area contributed by atoms with Gasteiger partial charge < -0.3 is 14.7 Å². The van der Waals surface area contributed by atoms with Gasteiger partial charge in [0.25, 0.3) is 5.56 Å². The van der Waals surface area contributed by atoms with Crippen LogP contribution >= 0.6 is 11.8 Å². The number of carbonyl (C=O) groups excluding carboxylic acids is 1. The molecule has 0 radical (unpaired) electrons. The van der Waals surface area contributed by atoms with Crippen LogP contribution in [0.1, 0.15) is 11.3 Å². The zero-order valence-electron chi connectivity index (χ0n) is 17.9. The van der Waals surface area contributed by atoms with Crippen molar-refractivity contribution in [1.82, 2.24) is 19.9 Å². The number of aromatic amines is 1. The van der Waals surface area contributed by atoms with E-state index >= 15 is 0 Å². The number of aromatic nitrogens is 3. The monoisotopic (exact) mass is 498 g/mol. The summed E-state index contributed by atoms with van der Waals surface area (Å²) < 4.78 is 46.4. The Morgan fingerprint density at radius 1 is 1.11 bits per heavy atom. The average Bonchev–Trinajstić information content (AvgIpc) is 3.49. The van der Waals surface area contributed by atoms with E-state index in [1.807, 2.05) is 0 Å². The molecule has 1 amide bonds. The normalized spacial score (nSPS) is 11.9. The number of alkyl halides is 3. The Kier molecular flexibility index (Phi) is 5.85. The Hall–Kier alpha value is -3.99. The van der Waals surface area contributed by atoms with Crippen molar-refractivity contribution in [2.75, 3.05) is 5.75 Å². The summed E-state index contributed by atoms with van der Waals surface area (Å²) in [6.07, 6.45) is -3.10. The summed E-state index contributed by atoms with van der Waals surface area (Å²) in [6, 6.07) is 15.0. The smallest absolute Gasteiger partial charge is 0.416 e. The van der Waals surface area contributed by atoms with Crippen molar-refractivity contribution in [2.24, 2.45) is 0 Å². The fourth-order valence-electron chi connectivity index (χ4n) is 3.67. The Labute approximate surface area is 200 Å². The molecule has 0 aliphatic carbocycles. The van der Waals surface area contributed by atoms with E-state index < -0.39 is 17.3 Å². The van der Waals surface area contributed by atoms with Gasteiger partial charge in [0.2, 0.25) is 5.91 Å². The highest BCUT2D eigenvalue weighted by Gasteiger charge is 2.31. The first-order chi connectivity index (χ1) is 16.8. The molecule has 0 fully saturated rings. The number of nitrogens with zero attached hydrogens (tertiary/aromatic N) is 2. The van der Waals surface area contributed by atoms with Gasteiger partial charge in [-0.1, -0.05) is 36.0 Å². The molecule has 35 heavy (non-hydrogen) atoms. The van der Waals surface area contributed by atoms with Crippen molar-refractivity contribution in [3.8, 4) is 5.69 Å². The standard InChI is InChI=1S/C24H17F3N4O3S/c25-24(26,27)14-5-3-6-15(11-14)31-22(33)21-20(17-8-1-2-9-18(17)29-21)30-23(31)35-13-19(32)28-12-16-7-4-10-34-16/h1-11,29H,12-13H2,(H,28,32). The molecule has 0 spiro atoms. The number of para-hydroxylation sites is 1. The molecule has 178 valence electrons. The van der Waals surface area contributed by atoms with Gasteiger partial charge in [-0.3, -0.25) is 14.2 Å². The summed E-state index contributed by atoms with van der Waals surface area (Å²) in [5.41, 5.74) is -0.255. The number of benzene rings is 2. The van der Waals surface area contributed by atoms with Crippen molar-refractivity contribution in [2.45, 2.75) is 17.9 Å². The highest BCUT2D eigenvalue weighted by Crippen LogP contribution is 2.31. The maximum absolute atomic E-state index is 13.5. The second-order valence-corrected chi connectivity index (χ2v) is 8.56. The van der Waals surface area contributed by atoms with Crippen molar-refractivity contribution in [3.63, 3.8) is 0 Å². The van der Waals surface area contributed by atoms with Crippen LogP contribution in [0.15, 0.2) is 81.3 Å². The van der Waals surface area contributed by atoms with Crippen LogP contribution in [0.2, 0.25) is 0 Å². The van der Waals surface area contributed by atoms with E-state index in [-0.39, 0.29) is 34.6 Å². The van der Waals surface area contributed by atoms with Crippen LogP contribution < -0.4 is 10.9 Å². The minimum Gasteiger partial charge on any atom is -0.467 e. The molecule has 5 aromatic rings. The SMILES string of the molecule is O=C(CSc1nc2c([nH]c3ccccc32)c(=O)n1-c1cccc(C(F)(F)F)c1)NCc1ccco1. The third kappa shape index (κ3) is 4.54. The third-order valence-corrected chi connectivity index (χ3v) is 6.24. The van der Waals surface area contributed by atoms with Crippen LogP contribution in [0.4, 0.5) is 13.2 Å². The lowest BCUT2D eigenvalue weighted by molar-refractivity contribution is -0.137. The van der Waals surface area contributed by atoms with Crippen molar-refractivity contribution < 1.29 is 22.4 Å². The lowest BCUT2D eigenvalue weighted by Crippen LogP contribution is -2.26. The van der Waals surface area contributed by atoms with E-state index in [0.29, 0.717) is 22.2 Å². The van der Waals surface area contributed by atoms with Gasteiger partial charge >= 0.3 is 6.18 Å². The van der Waals surface area contributed by atoms with Crippen LogP contribution in [0, 0.1) is 0 Å². The second kappa shape index (κ2) is 8.99. The molecule has 0 saturated carbocycles. The van der Waals surface area contributed by atoms with Gasteiger partial charge in [0, 0.05) is 10.9 Å². The Bertz CT molecular complexity index is 1590. The summed E-state index contributed by atoms with van der Waals surface area (Å²) in [5, 5.41) is 3.49. The zero-order valence-corrected chi connectivity index (χ0v) is 18.7. The van der Waals surface area contributed by atoms with E-state index in [0.717, 1.165) is 28.5 Å². The van der Waals surface area contributed by atoms with Crippen LogP contribution in [-0.2, 0) is 17.5 Å². The second-order valence-electron chi connectivity index (χ2n) is 7.62. The first-order valence-corrected chi connectivity index (χ1v) is 11.4. The average molecular weight is 498 g/mol. The summed E-state index contributed by atoms with van der Waals surface area (Å²) in [6.45, 7) is 0.182. The number of furan rings is 1. The fraction of sp³-hybridized carbons (Fsp3) is 0.125. The van der Waals surface area contributed by atoms with Crippen LogP contribution in [0.3, 0.4) is 0 Å². The summed E-state index contributed by atoms with van der Waals surface area (Å²) in [7, 11) is 0. The maximum atomic E-state index is 13.5. The Morgan fingerprint density at radius 3 is 2.71 bits per heavy atom. The van der Waals surface area contributed by atoms with Crippen molar-refractivity contribution in [3.05, 3.63) is 88.6 Å². The Morgan fingerprint density at radius 2 is 1.94 bits per heavy atom. The quantitative estimate of drug-likeness (QED) is 0.257. The molecular formula is C24H17F3N4O3S. The van der Waals surface area contributed by atoms with Crippen LogP contribution in [-0.4, -0.2) is 26.2 Å². The fourth-order valence-corrected chi connectivity index (χ4v) is 4.50. The highest BCUT2D eigenvalue weighted by molar-refractivity contribution is 7.99. The zero-order chi connectivity index (χ0) is 24.6. The van der Waals surface area contributed by atoms with Crippen molar-refractivity contribution in [1.29, 1.82) is 0 Å². The summed E-state index contributed by atoms with van der Waals surface area (Å²) in [5.74, 6) is 0.109. The van der Waals surface area contributed by atoms with Gasteiger partial charge in [0.05, 0.1) is 29.8 Å². The number of H-pyrrole nitrogens is 1. The molecule has 7 nitrogen and oxygen atoms in total. The molecule has 0 aliphatic heterocycles.